The van der Waals surface area contributed by atoms with Crippen molar-refractivity contribution < 1.29 is 14.5 Å². The molecule has 0 fully saturated rings. The van der Waals surface area contributed by atoms with Crippen molar-refractivity contribution >= 4 is 17.3 Å². The van der Waals surface area contributed by atoms with Crippen LogP contribution in [-0.2, 0) is 11.2 Å². The molecule has 0 aromatic heterocycles. The van der Waals surface area contributed by atoms with Gasteiger partial charge in [0.05, 0.1) is 17.7 Å². The summed E-state index contributed by atoms with van der Waals surface area (Å²) < 4.78 is 5.05. The van der Waals surface area contributed by atoms with E-state index in [1.807, 2.05) is 19.0 Å². The number of carbonyl (C=O) groups is 1. The second-order valence-electron chi connectivity index (χ2n) is 5.26. The van der Waals surface area contributed by atoms with Crippen molar-refractivity contribution in [2.45, 2.75) is 12.8 Å². The normalized spacial score (nSPS) is 13.4. The number of hydrogen-bond acceptors (Lipinski definition) is 5. The van der Waals surface area contributed by atoms with Crippen LogP contribution in [0.1, 0.15) is 12.0 Å². The Morgan fingerprint density at radius 1 is 1.48 bits per heavy atom. The maximum atomic E-state index is 12.2. The molecule has 2 rings (SSSR count). The lowest BCUT2D eigenvalue weighted by Gasteiger charge is -2.19. The first kappa shape index (κ1) is 15.2. The fraction of sp³-hybridized carbons (Fsp3) is 0.500. The number of rotatable bonds is 5. The van der Waals surface area contributed by atoms with Crippen molar-refractivity contribution in [1.82, 2.24) is 4.90 Å². The van der Waals surface area contributed by atoms with Crippen LogP contribution in [0.15, 0.2) is 12.1 Å². The van der Waals surface area contributed by atoms with Gasteiger partial charge >= 0.3 is 5.69 Å². The predicted molar refractivity (Wildman–Crippen MR) is 78.9 cm³/mol. The molecule has 21 heavy (non-hydrogen) atoms. The Labute approximate surface area is 123 Å². The fourth-order valence-corrected chi connectivity index (χ4v) is 2.42. The van der Waals surface area contributed by atoms with E-state index in [1.165, 1.54) is 13.2 Å². The highest BCUT2D eigenvalue weighted by Gasteiger charge is 2.29. The number of fused-ring (bicyclic) bond motifs is 1. The summed E-state index contributed by atoms with van der Waals surface area (Å²) in [6.45, 7) is 1.22. The molecule has 1 aromatic rings. The van der Waals surface area contributed by atoms with Crippen LogP contribution < -0.4 is 9.64 Å². The second-order valence-corrected chi connectivity index (χ2v) is 5.26. The molecular weight excluding hydrogens is 274 g/mol. The molecule has 1 aliphatic heterocycles. The fourth-order valence-electron chi connectivity index (χ4n) is 2.42. The van der Waals surface area contributed by atoms with E-state index in [-0.39, 0.29) is 17.3 Å². The van der Waals surface area contributed by atoms with E-state index in [9.17, 15) is 14.9 Å². The molecule has 0 aliphatic carbocycles. The van der Waals surface area contributed by atoms with Crippen LogP contribution in [0.25, 0.3) is 0 Å². The number of benzene rings is 1. The molecule has 0 radical (unpaired) electrons. The van der Waals surface area contributed by atoms with Gasteiger partial charge in [-0.1, -0.05) is 0 Å². The van der Waals surface area contributed by atoms with E-state index in [2.05, 4.69) is 0 Å². The van der Waals surface area contributed by atoms with Crippen molar-refractivity contribution in [2.24, 2.45) is 0 Å². The van der Waals surface area contributed by atoms with Gasteiger partial charge in [-0.05, 0) is 32.1 Å². The molecule has 1 aromatic carbocycles. The molecule has 0 bridgehead atoms. The van der Waals surface area contributed by atoms with Gasteiger partial charge in [0.2, 0.25) is 5.91 Å². The van der Waals surface area contributed by atoms with E-state index in [4.69, 9.17) is 4.74 Å². The minimum absolute atomic E-state index is 0.0121. The Morgan fingerprint density at radius 3 is 2.76 bits per heavy atom. The summed E-state index contributed by atoms with van der Waals surface area (Å²) in [6, 6.07) is 3.10. The number of hydrogen-bond donors (Lipinski definition) is 0. The van der Waals surface area contributed by atoms with Crippen molar-refractivity contribution in [2.75, 3.05) is 39.2 Å². The lowest BCUT2D eigenvalue weighted by Crippen LogP contribution is -2.31. The number of amides is 1. The van der Waals surface area contributed by atoms with E-state index < -0.39 is 4.92 Å². The Kier molecular flexibility index (Phi) is 4.42. The van der Waals surface area contributed by atoms with Crippen LogP contribution in [0.5, 0.6) is 5.75 Å². The summed E-state index contributed by atoms with van der Waals surface area (Å²) in [5.41, 5.74) is 1.44. The molecule has 0 saturated heterocycles. The molecule has 0 atom stereocenters. The van der Waals surface area contributed by atoms with E-state index in [0.717, 1.165) is 5.56 Å². The molecule has 114 valence electrons. The SMILES string of the molecule is COc1cc2c(cc1[N+](=O)[O-])N(C(=O)CCN(C)C)CC2. The molecule has 0 saturated carbocycles. The Balaban J connectivity index is 2.28. The highest BCUT2D eigenvalue weighted by atomic mass is 16.6. The quantitative estimate of drug-likeness (QED) is 0.606. The molecular formula is C14H19N3O4. The van der Waals surface area contributed by atoms with Crippen LogP contribution in [-0.4, -0.2) is 50.0 Å². The number of ether oxygens (including phenoxy) is 1. The van der Waals surface area contributed by atoms with Gasteiger partial charge in [-0.3, -0.25) is 14.9 Å². The third-order valence-corrected chi connectivity index (χ3v) is 3.55. The van der Waals surface area contributed by atoms with Gasteiger partial charge in [0, 0.05) is 25.6 Å². The van der Waals surface area contributed by atoms with Gasteiger partial charge in [-0.15, -0.1) is 0 Å². The minimum atomic E-state index is -0.486. The first-order valence-corrected chi connectivity index (χ1v) is 6.74. The van der Waals surface area contributed by atoms with Gasteiger partial charge in [0.15, 0.2) is 5.75 Å². The van der Waals surface area contributed by atoms with E-state index in [1.54, 1.807) is 11.0 Å². The summed E-state index contributed by atoms with van der Waals surface area (Å²) >= 11 is 0. The maximum absolute atomic E-state index is 12.2. The lowest BCUT2D eigenvalue weighted by atomic mass is 10.1. The standard InChI is InChI=1S/C14H19N3O4/c1-15(2)6-5-14(18)16-7-4-10-8-13(21-3)12(17(19)20)9-11(10)16/h8-9H,4-7H2,1-3H3. The van der Waals surface area contributed by atoms with Crippen LogP contribution in [0, 0.1) is 10.1 Å². The third-order valence-electron chi connectivity index (χ3n) is 3.55. The zero-order chi connectivity index (χ0) is 15.6. The van der Waals surface area contributed by atoms with Crippen molar-refractivity contribution in [3.8, 4) is 5.75 Å². The summed E-state index contributed by atoms with van der Waals surface area (Å²) in [6.07, 6.45) is 1.09. The highest BCUT2D eigenvalue weighted by molar-refractivity contribution is 5.96. The molecule has 7 nitrogen and oxygen atoms in total. The van der Waals surface area contributed by atoms with Gasteiger partial charge in [-0.2, -0.15) is 0 Å². The number of anilines is 1. The number of carbonyl (C=O) groups excluding carboxylic acids is 1. The van der Waals surface area contributed by atoms with Crippen molar-refractivity contribution in [3.05, 3.63) is 27.8 Å². The maximum Gasteiger partial charge on any atom is 0.313 e. The van der Waals surface area contributed by atoms with Crippen LogP contribution in [0.2, 0.25) is 0 Å². The summed E-state index contributed by atoms with van der Waals surface area (Å²) in [5.74, 6) is 0.225. The average Bonchev–Trinajstić information content (AvgIpc) is 2.85. The smallest absolute Gasteiger partial charge is 0.313 e. The zero-order valence-corrected chi connectivity index (χ0v) is 12.5. The number of nitro groups is 1. The molecule has 1 heterocycles. The lowest BCUT2D eigenvalue weighted by molar-refractivity contribution is -0.385. The Morgan fingerprint density at radius 2 is 2.19 bits per heavy atom. The van der Waals surface area contributed by atoms with Crippen LogP contribution in [0.4, 0.5) is 11.4 Å². The Bertz CT molecular complexity index is 572. The molecule has 0 spiro atoms. The molecule has 7 heteroatoms. The summed E-state index contributed by atoms with van der Waals surface area (Å²) in [5, 5.41) is 11.1. The van der Waals surface area contributed by atoms with E-state index in [0.29, 0.717) is 31.6 Å². The largest absolute Gasteiger partial charge is 0.490 e. The number of nitro benzene ring substituents is 1. The first-order valence-electron chi connectivity index (χ1n) is 6.74. The Hall–Kier alpha value is -2.15. The van der Waals surface area contributed by atoms with Gasteiger partial charge in [0.25, 0.3) is 0 Å². The summed E-state index contributed by atoms with van der Waals surface area (Å²) in [4.78, 5) is 26.4. The van der Waals surface area contributed by atoms with E-state index >= 15 is 0 Å². The highest BCUT2D eigenvalue weighted by Crippen LogP contribution is 2.38. The zero-order valence-electron chi connectivity index (χ0n) is 12.5. The molecule has 0 N–H and O–H groups in total. The monoisotopic (exact) mass is 293 g/mol. The van der Waals surface area contributed by atoms with Crippen LogP contribution >= 0.6 is 0 Å². The van der Waals surface area contributed by atoms with Crippen molar-refractivity contribution in [1.29, 1.82) is 0 Å². The predicted octanol–water partition coefficient (Wildman–Crippen LogP) is 1.44. The van der Waals surface area contributed by atoms with Gasteiger partial charge in [-0.25, -0.2) is 0 Å². The van der Waals surface area contributed by atoms with Gasteiger partial charge < -0.3 is 14.5 Å². The number of methoxy groups -OCH3 is 1. The van der Waals surface area contributed by atoms with Gasteiger partial charge in [0.1, 0.15) is 0 Å². The number of nitrogens with zero attached hydrogens (tertiary/aromatic N) is 3. The molecule has 1 aliphatic rings. The third kappa shape index (κ3) is 3.13. The minimum Gasteiger partial charge on any atom is -0.490 e. The molecule has 0 unspecified atom stereocenters. The first-order chi connectivity index (χ1) is 9.93. The van der Waals surface area contributed by atoms with Crippen molar-refractivity contribution in [3.63, 3.8) is 0 Å². The van der Waals surface area contributed by atoms with Crippen LogP contribution in [0.3, 0.4) is 0 Å². The molecule has 1 amide bonds. The summed E-state index contributed by atoms with van der Waals surface area (Å²) in [7, 11) is 5.21. The topological polar surface area (TPSA) is 75.9 Å². The average molecular weight is 293 g/mol. The second kappa shape index (κ2) is 6.09.